The minimum Gasteiger partial charge on any atom is -0.452 e. The van der Waals surface area contributed by atoms with Gasteiger partial charge in [-0.25, -0.2) is 0 Å². The topological polar surface area (TPSA) is 29.5 Å². The lowest BCUT2D eigenvalue weighted by Gasteiger charge is -2.50. The van der Waals surface area contributed by atoms with Gasteiger partial charge in [-0.05, 0) is 114 Å². The zero-order valence-electron chi connectivity index (χ0n) is 13.7. The molecule has 1 aromatic rings. The van der Waals surface area contributed by atoms with Gasteiger partial charge in [0.2, 0.25) is 0 Å². The predicted octanol–water partition coefficient (Wildman–Crippen LogP) is 5.19. The van der Waals surface area contributed by atoms with Gasteiger partial charge in [-0.15, -0.1) is 0 Å². The van der Waals surface area contributed by atoms with E-state index < -0.39 is 0 Å². The van der Waals surface area contributed by atoms with Crippen LogP contribution in [0.25, 0.3) is 0 Å². The van der Waals surface area contributed by atoms with E-state index in [9.17, 15) is 5.11 Å². The first kappa shape index (κ1) is 15.9. The molecule has 23 heavy (non-hydrogen) atoms. The Morgan fingerprint density at radius 1 is 1.30 bits per heavy atom. The molecule has 124 valence electrons. The van der Waals surface area contributed by atoms with Gasteiger partial charge in [-0.3, -0.25) is 0 Å². The van der Waals surface area contributed by atoms with Crippen molar-refractivity contribution in [3.05, 3.63) is 39.7 Å². The summed E-state index contributed by atoms with van der Waals surface area (Å²) >= 11 is 2.11. The van der Waals surface area contributed by atoms with Crippen LogP contribution in [-0.4, -0.2) is 11.2 Å². The van der Waals surface area contributed by atoms with Gasteiger partial charge in [0.05, 0.1) is 6.10 Å². The van der Waals surface area contributed by atoms with Crippen molar-refractivity contribution >= 4 is 22.6 Å². The van der Waals surface area contributed by atoms with Crippen molar-refractivity contribution in [2.45, 2.75) is 57.5 Å². The second-order valence-electron chi connectivity index (χ2n) is 7.87. The molecule has 3 aliphatic carbocycles. The summed E-state index contributed by atoms with van der Waals surface area (Å²) in [7, 11) is 0. The van der Waals surface area contributed by atoms with E-state index in [-0.39, 0.29) is 11.5 Å². The summed E-state index contributed by atoms with van der Waals surface area (Å²) in [5, 5.41) is 10.5. The van der Waals surface area contributed by atoms with Gasteiger partial charge in [-0.2, -0.15) is 0 Å². The first-order valence-electron chi connectivity index (χ1n) is 8.82. The second-order valence-corrected chi connectivity index (χ2v) is 9.07. The zero-order chi connectivity index (χ0) is 16.2. The quantitative estimate of drug-likeness (QED) is 0.523. The lowest BCUT2D eigenvalue weighted by molar-refractivity contribution is -0.0226. The Bertz CT molecular complexity index is 641. The minimum absolute atomic E-state index is 0.0831. The highest BCUT2D eigenvalue weighted by Gasteiger charge is 2.54. The van der Waals surface area contributed by atoms with Gasteiger partial charge < -0.3 is 9.84 Å². The summed E-state index contributed by atoms with van der Waals surface area (Å²) in [6.45, 7) is 6.16. The molecule has 0 aromatic heterocycles. The van der Waals surface area contributed by atoms with Gasteiger partial charge in [0.1, 0.15) is 5.75 Å². The van der Waals surface area contributed by atoms with Crippen LogP contribution in [0, 0.1) is 17.3 Å². The first-order valence-corrected chi connectivity index (χ1v) is 9.90. The molecule has 3 aliphatic rings. The maximum absolute atomic E-state index is 10.5. The SMILES string of the molecule is C=C(I)Oc1ccc2c(c1)CC[C@@H]1[C@@H]2CC[C@]2(C)[C@@H](O)CC[C@@H]12. The number of ether oxygens (including phenoxy) is 1. The Morgan fingerprint density at radius 2 is 2.13 bits per heavy atom. The summed E-state index contributed by atoms with van der Waals surface area (Å²) < 4.78 is 6.39. The average Bonchev–Trinajstić information content (AvgIpc) is 2.82. The molecule has 4 rings (SSSR count). The van der Waals surface area contributed by atoms with Crippen molar-refractivity contribution in [2.75, 3.05) is 0 Å². The highest BCUT2D eigenvalue weighted by Crippen LogP contribution is 2.60. The summed E-state index contributed by atoms with van der Waals surface area (Å²) in [4.78, 5) is 0. The van der Waals surface area contributed by atoms with Crippen LogP contribution in [0.15, 0.2) is 28.5 Å². The molecule has 2 saturated carbocycles. The molecule has 0 spiro atoms. The molecule has 0 unspecified atom stereocenters. The van der Waals surface area contributed by atoms with Crippen molar-refractivity contribution in [1.82, 2.24) is 0 Å². The van der Waals surface area contributed by atoms with Gasteiger partial charge in [0, 0.05) is 0 Å². The molecular weight excluding hydrogens is 399 g/mol. The van der Waals surface area contributed by atoms with Crippen LogP contribution in [0.5, 0.6) is 5.75 Å². The van der Waals surface area contributed by atoms with E-state index in [1.54, 1.807) is 0 Å². The van der Waals surface area contributed by atoms with E-state index in [0.717, 1.165) is 24.5 Å². The molecule has 0 amide bonds. The number of hydrogen-bond donors (Lipinski definition) is 1. The van der Waals surface area contributed by atoms with E-state index in [0.29, 0.717) is 15.6 Å². The van der Waals surface area contributed by atoms with Crippen molar-refractivity contribution < 1.29 is 9.84 Å². The molecule has 0 aliphatic heterocycles. The Labute approximate surface area is 152 Å². The Morgan fingerprint density at radius 3 is 2.91 bits per heavy atom. The largest absolute Gasteiger partial charge is 0.452 e. The molecule has 3 heteroatoms. The number of aliphatic hydroxyl groups excluding tert-OH is 1. The van der Waals surface area contributed by atoms with Crippen LogP contribution in [0.1, 0.15) is 56.1 Å². The summed E-state index contributed by atoms with van der Waals surface area (Å²) in [6, 6.07) is 6.60. The predicted molar refractivity (Wildman–Crippen MR) is 101 cm³/mol. The summed E-state index contributed by atoms with van der Waals surface area (Å²) in [6.07, 6.45) is 6.93. The smallest absolute Gasteiger partial charge is 0.157 e. The third kappa shape index (κ3) is 2.55. The van der Waals surface area contributed by atoms with E-state index in [1.807, 2.05) is 0 Å². The maximum Gasteiger partial charge on any atom is 0.157 e. The Kier molecular flexibility index (Phi) is 4.00. The minimum atomic E-state index is -0.0831. The van der Waals surface area contributed by atoms with Gasteiger partial charge >= 0.3 is 0 Å². The Balaban J connectivity index is 1.63. The van der Waals surface area contributed by atoms with Crippen LogP contribution in [-0.2, 0) is 6.42 Å². The van der Waals surface area contributed by atoms with Crippen molar-refractivity contribution in [3.63, 3.8) is 0 Å². The fourth-order valence-corrected chi connectivity index (χ4v) is 5.98. The third-order valence-electron chi connectivity index (χ3n) is 6.88. The fraction of sp³-hybridized carbons (Fsp3) is 0.600. The molecule has 0 bridgehead atoms. The number of halogens is 1. The van der Waals surface area contributed by atoms with Crippen LogP contribution in [0.4, 0.5) is 0 Å². The number of aryl methyl sites for hydroxylation is 1. The normalized spacial score (nSPS) is 38.4. The highest BCUT2D eigenvalue weighted by molar-refractivity contribution is 14.1. The highest BCUT2D eigenvalue weighted by atomic mass is 127. The second kappa shape index (κ2) is 5.76. The van der Waals surface area contributed by atoms with E-state index >= 15 is 0 Å². The van der Waals surface area contributed by atoms with Gasteiger partial charge in [0.25, 0.3) is 0 Å². The van der Waals surface area contributed by atoms with Gasteiger partial charge in [0.15, 0.2) is 3.77 Å². The van der Waals surface area contributed by atoms with E-state index in [1.165, 1.54) is 36.8 Å². The molecule has 5 atom stereocenters. The number of rotatable bonds is 2. The third-order valence-corrected chi connectivity index (χ3v) is 7.10. The lowest BCUT2D eigenvalue weighted by atomic mass is 9.55. The molecule has 0 saturated heterocycles. The molecule has 1 N–H and O–H groups in total. The van der Waals surface area contributed by atoms with Crippen molar-refractivity contribution in [1.29, 1.82) is 0 Å². The summed E-state index contributed by atoms with van der Waals surface area (Å²) in [5.41, 5.74) is 3.17. The lowest BCUT2D eigenvalue weighted by Crippen LogP contribution is -2.43. The van der Waals surface area contributed by atoms with Crippen molar-refractivity contribution in [2.24, 2.45) is 17.3 Å². The summed E-state index contributed by atoms with van der Waals surface area (Å²) in [5.74, 6) is 3.05. The van der Waals surface area contributed by atoms with Crippen LogP contribution in [0.3, 0.4) is 0 Å². The number of benzene rings is 1. The monoisotopic (exact) mass is 424 g/mol. The van der Waals surface area contributed by atoms with Crippen molar-refractivity contribution in [3.8, 4) is 5.75 Å². The molecule has 1 aromatic carbocycles. The molecule has 2 fully saturated rings. The first-order chi connectivity index (χ1) is 11.0. The number of hydrogen-bond acceptors (Lipinski definition) is 2. The molecule has 0 heterocycles. The van der Waals surface area contributed by atoms with E-state index in [2.05, 4.69) is 54.3 Å². The number of fused-ring (bicyclic) bond motifs is 5. The fourth-order valence-electron chi connectivity index (χ4n) is 5.72. The average molecular weight is 424 g/mol. The molecule has 2 nitrogen and oxygen atoms in total. The zero-order valence-corrected chi connectivity index (χ0v) is 15.9. The number of aliphatic hydroxyl groups is 1. The van der Waals surface area contributed by atoms with E-state index in [4.69, 9.17) is 4.74 Å². The van der Waals surface area contributed by atoms with Crippen LogP contribution in [0.2, 0.25) is 0 Å². The standard InChI is InChI=1S/C20H25IO2/c1-12(21)23-14-4-6-15-13(11-14)3-5-17-16(15)9-10-20(2)18(17)7-8-19(20)22/h4,6,11,16-19,22H,1,3,5,7-10H2,2H3/t16-,17-,18+,19+,20+/m1/s1. The van der Waals surface area contributed by atoms with Crippen LogP contribution < -0.4 is 4.74 Å². The maximum atomic E-state index is 10.5. The van der Waals surface area contributed by atoms with Gasteiger partial charge in [-0.1, -0.05) is 13.0 Å². The molecular formula is C20H25IO2. The van der Waals surface area contributed by atoms with Crippen LogP contribution >= 0.6 is 22.6 Å². The molecule has 0 radical (unpaired) electrons. The Hall–Kier alpha value is -0.550.